The summed E-state index contributed by atoms with van der Waals surface area (Å²) in [6.45, 7) is 1.44. The SMILES string of the molecule is CN(CCc1ccccc1)C(=O)CCC1=NCc2ccnc(NC3CCCCC3)c21. The highest BCUT2D eigenvalue weighted by Gasteiger charge is 2.24. The summed E-state index contributed by atoms with van der Waals surface area (Å²) in [5.41, 5.74) is 4.66. The average molecular weight is 405 g/mol. The molecule has 2 aromatic rings. The molecule has 0 unspecified atom stereocenters. The molecule has 0 saturated heterocycles. The van der Waals surface area contributed by atoms with E-state index < -0.39 is 0 Å². The standard InChI is InChI=1S/C25H32N4O/c1-29(17-15-19-8-4-2-5-9-19)23(30)13-12-22-24-20(18-27-22)14-16-26-25(24)28-21-10-6-3-7-11-21/h2,4-5,8-9,14,16,21H,3,6-7,10-13,15,17-18H2,1H3,(H,26,28). The third-order valence-electron chi connectivity index (χ3n) is 6.29. The van der Waals surface area contributed by atoms with Gasteiger partial charge in [-0.15, -0.1) is 0 Å². The van der Waals surface area contributed by atoms with Crippen LogP contribution in [0.15, 0.2) is 47.6 Å². The van der Waals surface area contributed by atoms with Crippen molar-refractivity contribution >= 4 is 17.4 Å². The fourth-order valence-corrected chi connectivity index (χ4v) is 4.45. The number of aromatic nitrogens is 1. The second-order valence-electron chi connectivity index (χ2n) is 8.49. The fraction of sp³-hybridized carbons (Fsp3) is 0.480. The van der Waals surface area contributed by atoms with E-state index in [2.05, 4.69) is 28.5 Å². The molecule has 0 radical (unpaired) electrons. The number of hydrogen-bond donors (Lipinski definition) is 1. The molecular weight excluding hydrogens is 372 g/mol. The molecule has 1 aliphatic heterocycles. The monoisotopic (exact) mass is 404 g/mol. The number of fused-ring (bicyclic) bond motifs is 1. The molecule has 5 nitrogen and oxygen atoms in total. The topological polar surface area (TPSA) is 57.6 Å². The van der Waals surface area contributed by atoms with Crippen LogP contribution in [-0.4, -0.2) is 41.1 Å². The van der Waals surface area contributed by atoms with E-state index in [0.717, 1.165) is 30.1 Å². The largest absolute Gasteiger partial charge is 0.367 e. The minimum Gasteiger partial charge on any atom is -0.367 e. The quantitative estimate of drug-likeness (QED) is 0.699. The van der Waals surface area contributed by atoms with Crippen molar-refractivity contribution in [1.29, 1.82) is 0 Å². The first kappa shape index (κ1) is 20.6. The molecule has 0 bridgehead atoms. The lowest BCUT2D eigenvalue weighted by molar-refractivity contribution is -0.129. The predicted molar refractivity (Wildman–Crippen MR) is 122 cm³/mol. The van der Waals surface area contributed by atoms with E-state index in [0.29, 0.717) is 25.4 Å². The van der Waals surface area contributed by atoms with Crippen LogP contribution >= 0.6 is 0 Å². The maximum atomic E-state index is 12.7. The number of aliphatic imine (C=N–C) groups is 1. The first-order chi connectivity index (χ1) is 14.7. The average Bonchev–Trinajstić information content (AvgIpc) is 3.21. The Morgan fingerprint density at radius 2 is 1.90 bits per heavy atom. The number of benzene rings is 1. The number of rotatable bonds is 8. The fourth-order valence-electron chi connectivity index (χ4n) is 4.45. The number of anilines is 1. The van der Waals surface area contributed by atoms with Gasteiger partial charge >= 0.3 is 0 Å². The lowest BCUT2D eigenvalue weighted by Crippen LogP contribution is -2.29. The van der Waals surface area contributed by atoms with Gasteiger partial charge in [0.2, 0.25) is 5.91 Å². The molecule has 1 amide bonds. The molecule has 2 aliphatic rings. The molecule has 1 aliphatic carbocycles. The zero-order chi connectivity index (χ0) is 20.8. The second-order valence-corrected chi connectivity index (χ2v) is 8.49. The van der Waals surface area contributed by atoms with Crippen LogP contribution in [0.1, 0.15) is 61.6 Å². The van der Waals surface area contributed by atoms with Gasteiger partial charge in [0.15, 0.2) is 0 Å². The van der Waals surface area contributed by atoms with Gasteiger partial charge in [-0.1, -0.05) is 49.6 Å². The molecule has 0 atom stereocenters. The number of carbonyl (C=O) groups is 1. The van der Waals surface area contributed by atoms with E-state index in [1.54, 1.807) is 0 Å². The van der Waals surface area contributed by atoms with Gasteiger partial charge in [-0.3, -0.25) is 9.79 Å². The number of carbonyl (C=O) groups excluding carboxylic acids is 1. The van der Waals surface area contributed by atoms with Crippen molar-refractivity contribution in [2.24, 2.45) is 4.99 Å². The number of likely N-dealkylation sites (N-methyl/N-ethyl adjacent to an activating group) is 1. The van der Waals surface area contributed by atoms with Crippen molar-refractivity contribution in [3.05, 3.63) is 59.3 Å². The van der Waals surface area contributed by atoms with Gasteiger partial charge in [-0.25, -0.2) is 4.98 Å². The van der Waals surface area contributed by atoms with Crippen LogP contribution in [-0.2, 0) is 17.8 Å². The van der Waals surface area contributed by atoms with Gasteiger partial charge in [0.1, 0.15) is 5.82 Å². The van der Waals surface area contributed by atoms with Crippen molar-refractivity contribution in [3.8, 4) is 0 Å². The van der Waals surface area contributed by atoms with Crippen molar-refractivity contribution in [2.75, 3.05) is 18.9 Å². The summed E-state index contributed by atoms with van der Waals surface area (Å²) in [5, 5.41) is 3.67. The van der Waals surface area contributed by atoms with Gasteiger partial charge < -0.3 is 10.2 Å². The van der Waals surface area contributed by atoms with Crippen molar-refractivity contribution in [2.45, 2.75) is 64.0 Å². The summed E-state index contributed by atoms with van der Waals surface area (Å²) in [5.74, 6) is 1.13. The van der Waals surface area contributed by atoms with Crippen LogP contribution in [0.2, 0.25) is 0 Å². The summed E-state index contributed by atoms with van der Waals surface area (Å²) in [7, 11) is 1.90. The van der Waals surface area contributed by atoms with E-state index in [1.807, 2.05) is 36.3 Å². The molecule has 2 heterocycles. The van der Waals surface area contributed by atoms with Crippen molar-refractivity contribution in [1.82, 2.24) is 9.88 Å². The van der Waals surface area contributed by atoms with Gasteiger partial charge in [0.05, 0.1) is 6.54 Å². The molecule has 0 spiro atoms. The number of pyridine rings is 1. The lowest BCUT2D eigenvalue weighted by atomic mass is 9.95. The van der Waals surface area contributed by atoms with E-state index in [4.69, 9.17) is 4.99 Å². The number of nitrogens with zero attached hydrogens (tertiary/aromatic N) is 3. The van der Waals surface area contributed by atoms with Gasteiger partial charge in [-0.05, 0) is 42.9 Å². The highest BCUT2D eigenvalue weighted by molar-refractivity contribution is 6.08. The minimum atomic E-state index is 0.174. The lowest BCUT2D eigenvalue weighted by Gasteiger charge is -2.24. The molecule has 30 heavy (non-hydrogen) atoms. The Labute approximate surface area is 179 Å². The minimum absolute atomic E-state index is 0.174. The molecule has 5 heteroatoms. The molecule has 1 N–H and O–H groups in total. The highest BCUT2D eigenvalue weighted by Crippen LogP contribution is 2.29. The maximum absolute atomic E-state index is 12.7. The summed E-state index contributed by atoms with van der Waals surface area (Å²) in [6, 6.07) is 12.9. The Morgan fingerprint density at radius 3 is 2.70 bits per heavy atom. The third-order valence-corrected chi connectivity index (χ3v) is 6.29. The second kappa shape index (κ2) is 9.88. The Hall–Kier alpha value is -2.69. The smallest absolute Gasteiger partial charge is 0.222 e. The maximum Gasteiger partial charge on any atom is 0.222 e. The molecular formula is C25H32N4O. The predicted octanol–water partition coefficient (Wildman–Crippen LogP) is 4.61. The van der Waals surface area contributed by atoms with Crippen LogP contribution in [0.25, 0.3) is 0 Å². The van der Waals surface area contributed by atoms with Crippen LogP contribution in [0.4, 0.5) is 5.82 Å². The number of nitrogens with one attached hydrogen (secondary N) is 1. The Balaban J connectivity index is 1.33. The highest BCUT2D eigenvalue weighted by atomic mass is 16.2. The van der Waals surface area contributed by atoms with Gasteiger partial charge in [-0.2, -0.15) is 0 Å². The van der Waals surface area contributed by atoms with Crippen LogP contribution in [0.3, 0.4) is 0 Å². The molecule has 158 valence electrons. The normalized spacial score (nSPS) is 16.1. The summed E-state index contributed by atoms with van der Waals surface area (Å²) in [6.07, 6.45) is 10.3. The first-order valence-electron chi connectivity index (χ1n) is 11.3. The third kappa shape index (κ3) is 5.07. The van der Waals surface area contributed by atoms with Crippen LogP contribution in [0.5, 0.6) is 0 Å². The van der Waals surface area contributed by atoms with Crippen molar-refractivity contribution < 1.29 is 4.79 Å². The Bertz CT molecular complexity index is 887. The Morgan fingerprint density at radius 1 is 1.10 bits per heavy atom. The first-order valence-corrected chi connectivity index (χ1v) is 11.3. The molecule has 1 fully saturated rings. The molecule has 1 aromatic carbocycles. The van der Waals surface area contributed by atoms with E-state index in [9.17, 15) is 4.79 Å². The van der Waals surface area contributed by atoms with Crippen LogP contribution < -0.4 is 5.32 Å². The summed E-state index contributed by atoms with van der Waals surface area (Å²) < 4.78 is 0. The van der Waals surface area contributed by atoms with Crippen molar-refractivity contribution in [3.63, 3.8) is 0 Å². The Kier molecular flexibility index (Phi) is 6.77. The summed E-state index contributed by atoms with van der Waals surface area (Å²) in [4.78, 5) is 23.9. The zero-order valence-corrected chi connectivity index (χ0v) is 17.9. The molecule has 1 aromatic heterocycles. The number of hydrogen-bond acceptors (Lipinski definition) is 4. The van der Waals surface area contributed by atoms with E-state index in [-0.39, 0.29) is 5.91 Å². The van der Waals surface area contributed by atoms with E-state index >= 15 is 0 Å². The zero-order valence-electron chi connectivity index (χ0n) is 17.9. The van der Waals surface area contributed by atoms with Crippen LogP contribution in [0, 0.1) is 0 Å². The number of amides is 1. The molecule has 1 saturated carbocycles. The van der Waals surface area contributed by atoms with Gasteiger partial charge in [0.25, 0.3) is 0 Å². The molecule has 4 rings (SSSR count). The van der Waals surface area contributed by atoms with Gasteiger partial charge in [0, 0.05) is 43.5 Å². The summed E-state index contributed by atoms with van der Waals surface area (Å²) >= 11 is 0. The van der Waals surface area contributed by atoms with E-state index in [1.165, 1.54) is 43.2 Å².